The molecular weight excluding hydrogens is 318 g/mol. The lowest BCUT2D eigenvalue weighted by Crippen LogP contribution is -2.48. The fourth-order valence-electron chi connectivity index (χ4n) is 2.85. The summed E-state index contributed by atoms with van der Waals surface area (Å²) in [6.07, 6.45) is 1.73. The predicted octanol–water partition coefficient (Wildman–Crippen LogP) is 1.60. The van der Waals surface area contributed by atoms with Gasteiger partial charge in [-0.2, -0.15) is 5.10 Å². The molecule has 1 aliphatic rings. The normalized spacial score (nSPS) is 16.4. The number of ether oxygens (including phenoxy) is 1. The number of urea groups is 1. The molecule has 1 atom stereocenters. The highest BCUT2D eigenvalue weighted by atomic mass is 16.5. The molecule has 0 saturated carbocycles. The fourth-order valence-corrected chi connectivity index (χ4v) is 2.85. The molecule has 2 amide bonds. The highest BCUT2D eigenvalue weighted by Gasteiger charge is 2.17. The van der Waals surface area contributed by atoms with Crippen molar-refractivity contribution in [2.45, 2.75) is 19.5 Å². The van der Waals surface area contributed by atoms with Gasteiger partial charge in [-0.05, 0) is 24.1 Å². The number of rotatable bonds is 6. The van der Waals surface area contributed by atoms with Crippen molar-refractivity contribution in [2.75, 3.05) is 32.8 Å². The summed E-state index contributed by atoms with van der Waals surface area (Å²) >= 11 is 0. The molecule has 7 heteroatoms. The molecule has 2 heterocycles. The Kier molecular flexibility index (Phi) is 6.03. The number of hydrogen-bond donors (Lipinski definition) is 3. The minimum atomic E-state index is -0.141. The summed E-state index contributed by atoms with van der Waals surface area (Å²) in [5.41, 5.74) is 3.11. The van der Waals surface area contributed by atoms with E-state index in [4.69, 9.17) is 4.74 Å². The van der Waals surface area contributed by atoms with Crippen molar-refractivity contribution in [3.63, 3.8) is 0 Å². The monoisotopic (exact) mass is 343 g/mol. The minimum Gasteiger partial charge on any atom is -0.379 e. The van der Waals surface area contributed by atoms with Gasteiger partial charge in [-0.1, -0.05) is 24.3 Å². The first-order chi connectivity index (χ1) is 12.2. The van der Waals surface area contributed by atoms with Crippen LogP contribution in [0, 0.1) is 0 Å². The highest BCUT2D eigenvalue weighted by Crippen LogP contribution is 2.16. The number of aromatic amines is 1. The van der Waals surface area contributed by atoms with Crippen molar-refractivity contribution in [2.24, 2.45) is 0 Å². The van der Waals surface area contributed by atoms with E-state index in [1.165, 1.54) is 0 Å². The lowest BCUT2D eigenvalue weighted by molar-refractivity contribution is 0.0209. The highest BCUT2D eigenvalue weighted by molar-refractivity contribution is 5.73. The Morgan fingerprint density at radius 1 is 1.24 bits per heavy atom. The fraction of sp³-hybridized carbons (Fsp3) is 0.444. The van der Waals surface area contributed by atoms with E-state index in [2.05, 4.69) is 32.7 Å². The predicted molar refractivity (Wildman–Crippen MR) is 96.1 cm³/mol. The quantitative estimate of drug-likeness (QED) is 0.744. The van der Waals surface area contributed by atoms with Crippen LogP contribution >= 0.6 is 0 Å². The first-order valence-corrected chi connectivity index (χ1v) is 8.64. The molecule has 2 aromatic rings. The molecule has 1 aliphatic heterocycles. The summed E-state index contributed by atoms with van der Waals surface area (Å²) < 4.78 is 5.35. The topological polar surface area (TPSA) is 82.3 Å². The molecule has 134 valence electrons. The zero-order chi connectivity index (χ0) is 17.5. The maximum Gasteiger partial charge on any atom is 0.315 e. The van der Waals surface area contributed by atoms with Gasteiger partial charge < -0.3 is 15.4 Å². The second-order valence-electron chi connectivity index (χ2n) is 6.23. The lowest BCUT2D eigenvalue weighted by Gasteiger charge is -2.32. The van der Waals surface area contributed by atoms with Crippen LogP contribution in [0.15, 0.2) is 36.5 Å². The third kappa shape index (κ3) is 5.04. The van der Waals surface area contributed by atoms with Crippen molar-refractivity contribution in [1.29, 1.82) is 0 Å². The molecule has 1 saturated heterocycles. The van der Waals surface area contributed by atoms with E-state index in [9.17, 15) is 4.79 Å². The molecule has 1 aromatic carbocycles. The Morgan fingerprint density at radius 2 is 2.00 bits per heavy atom. The molecule has 0 aliphatic carbocycles. The van der Waals surface area contributed by atoms with Gasteiger partial charge in [0.05, 0.1) is 18.9 Å². The Balaban J connectivity index is 1.39. The summed E-state index contributed by atoms with van der Waals surface area (Å²) in [6, 6.07) is 10.1. The van der Waals surface area contributed by atoms with E-state index in [0.717, 1.165) is 43.1 Å². The summed E-state index contributed by atoms with van der Waals surface area (Å²) in [5.74, 6) is 0. The van der Waals surface area contributed by atoms with Crippen LogP contribution in [-0.4, -0.2) is 60.0 Å². The van der Waals surface area contributed by atoms with Gasteiger partial charge >= 0.3 is 6.03 Å². The van der Waals surface area contributed by atoms with E-state index in [0.29, 0.717) is 19.1 Å². The molecule has 3 N–H and O–H groups in total. The SMILES string of the molecule is CC(CNC(=O)NCc1ccc(-c2ccn[nH]2)cc1)N1CCOCC1. The number of aromatic nitrogens is 2. The minimum absolute atomic E-state index is 0.141. The Labute approximate surface area is 147 Å². The van der Waals surface area contributed by atoms with Crippen LogP contribution in [0.25, 0.3) is 11.3 Å². The first kappa shape index (κ1) is 17.4. The average molecular weight is 343 g/mol. The van der Waals surface area contributed by atoms with Gasteiger partial charge in [-0.3, -0.25) is 10.00 Å². The number of carbonyl (C=O) groups excluding carboxylic acids is 1. The van der Waals surface area contributed by atoms with Crippen LogP contribution in [0.4, 0.5) is 4.79 Å². The number of benzene rings is 1. The molecule has 0 bridgehead atoms. The van der Waals surface area contributed by atoms with Crippen LogP contribution < -0.4 is 10.6 Å². The van der Waals surface area contributed by atoms with Crippen molar-refractivity contribution in [3.05, 3.63) is 42.1 Å². The summed E-state index contributed by atoms with van der Waals surface area (Å²) in [7, 11) is 0. The van der Waals surface area contributed by atoms with Gasteiger partial charge in [0.15, 0.2) is 0 Å². The lowest BCUT2D eigenvalue weighted by atomic mass is 10.1. The standard InChI is InChI=1S/C18H25N5O2/c1-14(23-8-10-25-11-9-23)12-19-18(24)20-13-15-2-4-16(5-3-15)17-6-7-21-22-17/h2-7,14H,8-13H2,1H3,(H,21,22)(H2,19,20,24). The molecule has 0 spiro atoms. The molecular formula is C18H25N5O2. The largest absolute Gasteiger partial charge is 0.379 e. The van der Waals surface area contributed by atoms with Crippen LogP contribution in [0.5, 0.6) is 0 Å². The van der Waals surface area contributed by atoms with Gasteiger partial charge in [0.25, 0.3) is 0 Å². The molecule has 3 rings (SSSR count). The van der Waals surface area contributed by atoms with Crippen LogP contribution in [0.3, 0.4) is 0 Å². The second kappa shape index (κ2) is 8.64. The van der Waals surface area contributed by atoms with E-state index in [-0.39, 0.29) is 6.03 Å². The summed E-state index contributed by atoms with van der Waals surface area (Å²) in [4.78, 5) is 14.3. The van der Waals surface area contributed by atoms with Crippen LogP contribution in [-0.2, 0) is 11.3 Å². The summed E-state index contributed by atoms with van der Waals surface area (Å²) in [6.45, 7) is 6.64. The Hall–Kier alpha value is -2.38. The van der Waals surface area contributed by atoms with Crippen molar-refractivity contribution < 1.29 is 9.53 Å². The van der Waals surface area contributed by atoms with E-state index >= 15 is 0 Å². The zero-order valence-corrected chi connectivity index (χ0v) is 14.5. The third-order valence-electron chi connectivity index (χ3n) is 4.45. The van der Waals surface area contributed by atoms with Gasteiger partial charge in [-0.15, -0.1) is 0 Å². The van der Waals surface area contributed by atoms with E-state index in [1.807, 2.05) is 30.3 Å². The number of nitrogens with one attached hydrogen (secondary N) is 3. The Morgan fingerprint density at radius 3 is 2.68 bits per heavy atom. The maximum atomic E-state index is 12.0. The number of H-pyrrole nitrogens is 1. The number of nitrogens with zero attached hydrogens (tertiary/aromatic N) is 2. The first-order valence-electron chi connectivity index (χ1n) is 8.64. The van der Waals surface area contributed by atoms with Crippen molar-refractivity contribution >= 4 is 6.03 Å². The third-order valence-corrected chi connectivity index (χ3v) is 4.45. The zero-order valence-electron chi connectivity index (χ0n) is 14.5. The molecule has 1 fully saturated rings. The maximum absolute atomic E-state index is 12.0. The van der Waals surface area contributed by atoms with Crippen LogP contribution in [0.2, 0.25) is 0 Å². The molecule has 1 unspecified atom stereocenters. The average Bonchev–Trinajstić information content (AvgIpc) is 3.20. The second-order valence-corrected chi connectivity index (χ2v) is 6.23. The van der Waals surface area contributed by atoms with Crippen LogP contribution in [0.1, 0.15) is 12.5 Å². The number of amides is 2. The smallest absolute Gasteiger partial charge is 0.315 e. The van der Waals surface area contributed by atoms with Gasteiger partial charge in [0.2, 0.25) is 0 Å². The molecule has 0 radical (unpaired) electrons. The molecule has 25 heavy (non-hydrogen) atoms. The van der Waals surface area contributed by atoms with E-state index in [1.54, 1.807) is 6.20 Å². The number of morpholine rings is 1. The molecule has 7 nitrogen and oxygen atoms in total. The van der Waals surface area contributed by atoms with Gasteiger partial charge in [0.1, 0.15) is 0 Å². The van der Waals surface area contributed by atoms with Crippen molar-refractivity contribution in [1.82, 2.24) is 25.7 Å². The van der Waals surface area contributed by atoms with Gasteiger partial charge in [0, 0.05) is 38.4 Å². The Bertz CT molecular complexity index is 651. The number of carbonyl (C=O) groups is 1. The number of hydrogen-bond acceptors (Lipinski definition) is 4. The van der Waals surface area contributed by atoms with Crippen molar-refractivity contribution in [3.8, 4) is 11.3 Å². The molecule has 1 aromatic heterocycles. The van der Waals surface area contributed by atoms with E-state index < -0.39 is 0 Å². The van der Waals surface area contributed by atoms with Gasteiger partial charge in [-0.25, -0.2) is 4.79 Å². The summed E-state index contributed by atoms with van der Waals surface area (Å²) in [5, 5.41) is 12.7.